The molecule has 0 aliphatic carbocycles. The Labute approximate surface area is 95.2 Å². The number of aromatic hydroxyl groups is 1. The maximum atomic E-state index is 11.9. The summed E-state index contributed by atoms with van der Waals surface area (Å²) in [6, 6.07) is 15.5. The molecule has 2 nitrogen and oxygen atoms in total. The second-order valence-electron chi connectivity index (χ2n) is 3.21. The molecule has 0 saturated heterocycles. The Morgan fingerprint density at radius 1 is 0.875 bits per heavy atom. The number of carbonyl (C=O) groups is 1. The SMILES string of the molecule is C.O=C(c1ccccc1)c1ccccc1O. The lowest BCUT2D eigenvalue weighted by atomic mass is 10.0. The van der Waals surface area contributed by atoms with Crippen LogP contribution in [0, 0.1) is 0 Å². The summed E-state index contributed by atoms with van der Waals surface area (Å²) in [4.78, 5) is 11.9. The van der Waals surface area contributed by atoms with Crippen molar-refractivity contribution in [2.45, 2.75) is 7.43 Å². The fourth-order valence-electron chi connectivity index (χ4n) is 1.41. The number of carbonyl (C=O) groups excluding carboxylic acids is 1. The van der Waals surface area contributed by atoms with E-state index in [1.54, 1.807) is 42.5 Å². The first-order valence-electron chi connectivity index (χ1n) is 4.67. The van der Waals surface area contributed by atoms with Crippen LogP contribution in [-0.4, -0.2) is 10.9 Å². The lowest BCUT2D eigenvalue weighted by Crippen LogP contribution is -2.00. The molecule has 0 bridgehead atoms. The first-order valence-corrected chi connectivity index (χ1v) is 4.67. The van der Waals surface area contributed by atoms with Gasteiger partial charge in [0.25, 0.3) is 0 Å². The number of para-hydroxylation sites is 1. The average Bonchev–Trinajstić information content (AvgIpc) is 2.30. The number of hydrogen-bond acceptors (Lipinski definition) is 2. The Kier molecular flexibility index (Phi) is 3.84. The standard InChI is InChI=1S/C13H10O2.CH4/c14-12-9-5-4-8-11(12)13(15)10-6-2-1-3-7-10;/h1-9,14H;1H4. The van der Waals surface area contributed by atoms with E-state index >= 15 is 0 Å². The highest BCUT2D eigenvalue weighted by atomic mass is 16.3. The monoisotopic (exact) mass is 214 g/mol. The van der Waals surface area contributed by atoms with E-state index < -0.39 is 0 Å². The molecule has 0 aliphatic rings. The van der Waals surface area contributed by atoms with Crippen LogP contribution in [0.5, 0.6) is 5.75 Å². The second-order valence-corrected chi connectivity index (χ2v) is 3.21. The van der Waals surface area contributed by atoms with Crippen molar-refractivity contribution in [2.24, 2.45) is 0 Å². The van der Waals surface area contributed by atoms with Gasteiger partial charge < -0.3 is 5.11 Å². The zero-order valence-electron chi connectivity index (χ0n) is 8.05. The molecule has 1 N–H and O–H groups in total. The summed E-state index contributed by atoms with van der Waals surface area (Å²) in [6.07, 6.45) is 0. The first-order chi connectivity index (χ1) is 7.29. The van der Waals surface area contributed by atoms with Crippen molar-refractivity contribution in [3.63, 3.8) is 0 Å². The quantitative estimate of drug-likeness (QED) is 0.779. The predicted molar refractivity (Wildman–Crippen MR) is 64.7 cm³/mol. The van der Waals surface area contributed by atoms with E-state index in [0.29, 0.717) is 11.1 Å². The van der Waals surface area contributed by atoms with Gasteiger partial charge in [0.15, 0.2) is 5.78 Å². The van der Waals surface area contributed by atoms with E-state index in [4.69, 9.17) is 0 Å². The van der Waals surface area contributed by atoms with Gasteiger partial charge in [-0.1, -0.05) is 49.9 Å². The van der Waals surface area contributed by atoms with Crippen LogP contribution in [0.1, 0.15) is 23.3 Å². The van der Waals surface area contributed by atoms with Crippen LogP contribution in [0.2, 0.25) is 0 Å². The topological polar surface area (TPSA) is 37.3 Å². The van der Waals surface area contributed by atoms with Crippen molar-refractivity contribution in [2.75, 3.05) is 0 Å². The van der Waals surface area contributed by atoms with Gasteiger partial charge in [0, 0.05) is 5.56 Å². The normalized spacial score (nSPS) is 9.25. The molecule has 2 heteroatoms. The van der Waals surface area contributed by atoms with Gasteiger partial charge in [0.1, 0.15) is 5.75 Å². The zero-order chi connectivity index (χ0) is 10.7. The van der Waals surface area contributed by atoms with E-state index in [9.17, 15) is 9.90 Å². The minimum atomic E-state index is -0.159. The van der Waals surface area contributed by atoms with Crippen LogP contribution in [-0.2, 0) is 0 Å². The lowest BCUT2D eigenvalue weighted by Gasteiger charge is -2.02. The van der Waals surface area contributed by atoms with Gasteiger partial charge in [0.2, 0.25) is 0 Å². The third-order valence-electron chi connectivity index (χ3n) is 2.18. The summed E-state index contributed by atoms with van der Waals surface area (Å²) >= 11 is 0. The molecule has 2 rings (SSSR count). The van der Waals surface area contributed by atoms with E-state index in [1.807, 2.05) is 6.07 Å². The van der Waals surface area contributed by atoms with Crippen LogP contribution in [0.25, 0.3) is 0 Å². The van der Waals surface area contributed by atoms with Crippen LogP contribution in [0.4, 0.5) is 0 Å². The molecule has 0 unspecified atom stereocenters. The summed E-state index contributed by atoms with van der Waals surface area (Å²) in [5.41, 5.74) is 0.919. The highest BCUT2D eigenvalue weighted by Crippen LogP contribution is 2.19. The minimum Gasteiger partial charge on any atom is -0.507 e. The molecule has 0 spiro atoms. The minimum absolute atomic E-state index is 0. The summed E-state index contributed by atoms with van der Waals surface area (Å²) in [6.45, 7) is 0. The molecule has 0 heterocycles. The highest BCUT2D eigenvalue weighted by Gasteiger charge is 2.11. The molecule has 0 aliphatic heterocycles. The largest absolute Gasteiger partial charge is 0.507 e. The first kappa shape index (κ1) is 12.0. The van der Waals surface area contributed by atoms with Gasteiger partial charge in [-0.25, -0.2) is 0 Å². The molecule has 0 aromatic heterocycles. The van der Waals surface area contributed by atoms with Crippen molar-refractivity contribution < 1.29 is 9.90 Å². The number of ketones is 1. The maximum Gasteiger partial charge on any atom is 0.196 e. The van der Waals surface area contributed by atoms with E-state index in [2.05, 4.69) is 0 Å². The summed E-state index contributed by atoms with van der Waals surface area (Å²) in [5.74, 6) is -0.139. The second kappa shape index (κ2) is 5.12. The third-order valence-corrected chi connectivity index (χ3v) is 2.18. The van der Waals surface area contributed by atoms with Gasteiger partial charge in [-0.2, -0.15) is 0 Å². The highest BCUT2D eigenvalue weighted by molar-refractivity contribution is 6.10. The van der Waals surface area contributed by atoms with Crippen LogP contribution < -0.4 is 0 Å². The van der Waals surface area contributed by atoms with E-state index in [0.717, 1.165) is 0 Å². The molecule has 2 aromatic rings. The zero-order valence-corrected chi connectivity index (χ0v) is 8.05. The van der Waals surface area contributed by atoms with Crippen LogP contribution >= 0.6 is 0 Å². The molecule has 0 amide bonds. The van der Waals surface area contributed by atoms with E-state index in [-0.39, 0.29) is 19.0 Å². The summed E-state index contributed by atoms with van der Waals surface area (Å²) in [7, 11) is 0. The molecule has 2 aromatic carbocycles. The molecule has 0 fully saturated rings. The number of hydrogen-bond donors (Lipinski definition) is 1. The van der Waals surface area contributed by atoms with Crippen LogP contribution in [0.15, 0.2) is 54.6 Å². The molecular formula is C14H14O2. The Hall–Kier alpha value is -2.09. The number of phenols is 1. The summed E-state index contributed by atoms with van der Waals surface area (Å²) < 4.78 is 0. The van der Waals surface area contributed by atoms with E-state index in [1.165, 1.54) is 6.07 Å². The third kappa shape index (κ3) is 2.28. The average molecular weight is 214 g/mol. The summed E-state index contributed by atoms with van der Waals surface area (Å²) in [5, 5.41) is 9.52. The fourth-order valence-corrected chi connectivity index (χ4v) is 1.41. The molecule has 82 valence electrons. The van der Waals surface area contributed by atoms with Crippen molar-refractivity contribution in [3.05, 3.63) is 65.7 Å². The lowest BCUT2D eigenvalue weighted by molar-refractivity contribution is 0.103. The molecular weight excluding hydrogens is 200 g/mol. The predicted octanol–water partition coefficient (Wildman–Crippen LogP) is 3.26. The van der Waals surface area contributed by atoms with Gasteiger partial charge in [-0.05, 0) is 12.1 Å². The number of phenolic OH excluding ortho intramolecular Hbond substituents is 1. The Balaban J connectivity index is 0.00000128. The van der Waals surface area contributed by atoms with Crippen molar-refractivity contribution in [1.29, 1.82) is 0 Å². The molecule has 0 radical (unpaired) electrons. The fraction of sp³-hybridized carbons (Fsp3) is 0.0714. The maximum absolute atomic E-state index is 11.9. The number of benzene rings is 2. The molecule has 0 saturated carbocycles. The van der Waals surface area contributed by atoms with Crippen LogP contribution in [0.3, 0.4) is 0 Å². The Morgan fingerprint density at radius 2 is 1.44 bits per heavy atom. The molecule has 0 atom stereocenters. The smallest absolute Gasteiger partial charge is 0.196 e. The molecule has 16 heavy (non-hydrogen) atoms. The van der Waals surface area contributed by atoms with Gasteiger partial charge in [-0.15, -0.1) is 0 Å². The van der Waals surface area contributed by atoms with Crippen molar-refractivity contribution >= 4 is 5.78 Å². The van der Waals surface area contributed by atoms with Crippen molar-refractivity contribution in [1.82, 2.24) is 0 Å². The van der Waals surface area contributed by atoms with Gasteiger partial charge >= 0.3 is 0 Å². The number of rotatable bonds is 2. The van der Waals surface area contributed by atoms with Crippen molar-refractivity contribution in [3.8, 4) is 5.75 Å². The van der Waals surface area contributed by atoms with Gasteiger partial charge in [0.05, 0.1) is 5.56 Å². The Morgan fingerprint density at radius 3 is 2.06 bits per heavy atom. The van der Waals surface area contributed by atoms with Gasteiger partial charge in [-0.3, -0.25) is 4.79 Å². The Bertz CT molecular complexity index is 475.